The zero-order valence-electron chi connectivity index (χ0n) is 15.3. The van der Waals surface area contributed by atoms with Crippen molar-refractivity contribution >= 4 is 33.8 Å². The first-order valence-corrected chi connectivity index (χ1v) is 8.85. The second kappa shape index (κ2) is 5.86. The summed E-state index contributed by atoms with van der Waals surface area (Å²) in [6, 6.07) is 7.93. The van der Waals surface area contributed by atoms with Crippen molar-refractivity contribution in [3.05, 3.63) is 30.1 Å². The maximum Gasteiger partial charge on any atom is 0.410 e. The molecule has 3 aromatic rings. The summed E-state index contributed by atoms with van der Waals surface area (Å²) in [5.74, 6) is 1.23. The molecule has 1 amide bonds. The Bertz CT molecular complexity index is 1000. The molecule has 0 spiro atoms. The summed E-state index contributed by atoms with van der Waals surface area (Å²) in [5.41, 5.74) is 8.19. The van der Waals surface area contributed by atoms with E-state index in [4.69, 9.17) is 15.5 Å². The molecule has 0 saturated heterocycles. The molecule has 0 aliphatic carbocycles. The molecule has 2 N–H and O–H groups in total. The molecule has 7 heteroatoms. The lowest BCUT2D eigenvalue weighted by Gasteiger charge is -2.25. The third-order valence-electron chi connectivity index (χ3n) is 4.48. The minimum absolute atomic E-state index is 0.311. The van der Waals surface area contributed by atoms with Crippen LogP contribution in [0.3, 0.4) is 0 Å². The molecule has 26 heavy (non-hydrogen) atoms. The van der Waals surface area contributed by atoms with E-state index in [9.17, 15) is 4.79 Å². The third kappa shape index (κ3) is 2.83. The van der Waals surface area contributed by atoms with Gasteiger partial charge < -0.3 is 19.9 Å². The number of carbonyl (C=O) groups is 1. The Morgan fingerprint density at radius 1 is 1.19 bits per heavy atom. The average Bonchev–Trinajstić information content (AvgIpc) is 2.79. The SMILES string of the molecule is CC(C)(C)OC(=O)N1CCCn2c(nc3c(N)nc4ccccc4c32)C1. The molecule has 0 fully saturated rings. The van der Waals surface area contributed by atoms with E-state index in [0.29, 0.717) is 24.4 Å². The van der Waals surface area contributed by atoms with Gasteiger partial charge in [-0.1, -0.05) is 18.2 Å². The van der Waals surface area contributed by atoms with Crippen LogP contribution < -0.4 is 5.73 Å². The normalized spacial score (nSPS) is 15.1. The van der Waals surface area contributed by atoms with Gasteiger partial charge in [-0.3, -0.25) is 0 Å². The molecule has 1 aliphatic rings. The molecule has 2 aromatic heterocycles. The number of nitrogens with zero attached hydrogens (tertiary/aromatic N) is 4. The molecule has 3 heterocycles. The van der Waals surface area contributed by atoms with Gasteiger partial charge in [-0.25, -0.2) is 14.8 Å². The molecule has 136 valence electrons. The second-order valence-corrected chi connectivity index (χ2v) is 7.65. The van der Waals surface area contributed by atoms with Crippen molar-refractivity contribution in [2.24, 2.45) is 0 Å². The van der Waals surface area contributed by atoms with Crippen LogP contribution in [-0.4, -0.2) is 37.7 Å². The largest absolute Gasteiger partial charge is 0.444 e. The number of fused-ring (bicyclic) bond motifs is 5. The fraction of sp³-hybridized carbons (Fsp3) is 0.421. The van der Waals surface area contributed by atoms with Gasteiger partial charge in [0.2, 0.25) is 0 Å². The van der Waals surface area contributed by atoms with Crippen molar-refractivity contribution in [3.8, 4) is 0 Å². The van der Waals surface area contributed by atoms with Gasteiger partial charge in [-0.15, -0.1) is 0 Å². The minimum Gasteiger partial charge on any atom is -0.444 e. The van der Waals surface area contributed by atoms with E-state index in [2.05, 4.69) is 9.55 Å². The van der Waals surface area contributed by atoms with Crippen LogP contribution in [0.2, 0.25) is 0 Å². The van der Waals surface area contributed by atoms with E-state index < -0.39 is 5.60 Å². The van der Waals surface area contributed by atoms with Gasteiger partial charge in [-0.05, 0) is 33.3 Å². The van der Waals surface area contributed by atoms with Gasteiger partial charge in [0, 0.05) is 18.5 Å². The molecule has 1 aromatic carbocycles. The standard InChI is InChI=1S/C19H23N5O2/c1-19(2,3)26-18(25)23-9-6-10-24-14(11-23)22-15-16(24)12-7-4-5-8-13(12)21-17(15)20/h4-5,7-8H,6,9-11H2,1-3H3,(H2,20,21). The fourth-order valence-electron chi connectivity index (χ4n) is 3.42. The van der Waals surface area contributed by atoms with Crippen molar-refractivity contribution in [3.63, 3.8) is 0 Å². The fourth-order valence-corrected chi connectivity index (χ4v) is 3.42. The van der Waals surface area contributed by atoms with E-state index in [0.717, 1.165) is 35.2 Å². The van der Waals surface area contributed by atoms with Crippen LogP contribution in [0, 0.1) is 0 Å². The lowest BCUT2D eigenvalue weighted by molar-refractivity contribution is 0.0234. The lowest BCUT2D eigenvalue weighted by atomic mass is 10.2. The number of nitrogens with two attached hydrogens (primary N) is 1. The highest BCUT2D eigenvalue weighted by atomic mass is 16.6. The first-order chi connectivity index (χ1) is 12.3. The van der Waals surface area contributed by atoms with Gasteiger partial charge in [0.05, 0.1) is 17.6 Å². The quantitative estimate of drug-likeness (QED) is 0.670. The number of amides is 1. The molecule has 7 nitrogen and oxygen atoms in total. The highest BCUT2D eigenvalue weighted by molar-refractivity contribution is 6.06. The summed E-state index contributed by atoms with van der Waals surface area (Å²) >= 11 is 0. The van der Waals surface area contributed by atoms with Crippen LogP contribution in [0.1, 0.15) is 33.0 Å². The second-order valence-electron chi connectivity index (χ2n) is 7.65. The van der Waals surface area contributed by atoms with Crippen LogP contribution in [0.25, 0.3) is 21.9 Å². The van der Waals surface area contributed by atoms with E-state index in [1.54, 1.807) is 4.90 Å². The maximum atomic E-state index is 12.5. The Morgan fingerprint density at radius 3 is 2.73 bits per heavy atom. The zero-order valence-corrected chi connectivity index (χ0v) is 15.3. The van der Waals surface area contributed by atoms with Crippen molar-refractivity contribution in [2.75, 3.05) is 12.3 Å². The van der Waals surface area contributed by atoms with Gasteiger partial charge in [0.15, 0.2) is 5.82 Å². The first kappa shape index (κ1) is 16.6. The Kier molecular flexibility index (Phi) is 3.75. The molecular weight excluding hydrogens is 330 g/mol. The van der Waals surface area contributed by atoms with Crippen molar-refractivity contribution in [1.29, 1.82) is 0 Å². The van der Waals surface area contributed by atoms with Crippen LogP contribution in [-0.2, 0) is 17.8 Å². The molecule has 0 bridgehead atoms. The highest BCUT2D eigenvalue weighted by Gasteiger charge is 2.27. The maximum absolute atomic E-state index is 12.5. The van der Waals surface area contributed by atoms with E-state index in [1.807, 2.05) is 45.0 Å². The monoisotopic (exact) mass is 353 g/mol. The minimum atomic E-state index is -0.520. The number of para-hydroxylation sites is 1. The Morgan fingerprint density at radius 2 is 1.96 bits per heavy atom. The van der Waals surface area contributed by atoms with Crippen LogP contribution in [0.15, 0.2) is 24.3 Å². The van der Waals surface area contributed by atoms with Crippen LogP contribution in [0.4, 0.5) is 10.6 Å². The topological polar surface area (TPSA) is 86.3 Å². The van der Waals surface area contributed by atoms with Crippen LogP contribution in [0.5, 0.6) is 0 Å². The number of rotatable bonds is 0. The molecular formula is C19H23N5O2. The molecule has 0 radical (unpaired) electrons. The number of ether oxygens (including phenoxy) is 1. The summed E-state index contributed by atoms with van der Waals surface area (Å²) in [6.45, 7) is 7.43. The predicted molar refractivity (Wildman–Crippen MR) is 101 cm³/mol. The Balaban J connectivity index is 1.80. The van der Waals surface area contributed by atoms with E-state index >= 15 is 0 Å². The number of hydrogen-bond donors (Lipinski definition) is 1. The Hall–Kier alpha value is -2.83. The van der Waals surface area contributed by atoms with Crippen molar-refractivity contribution in [1.82, 2.24) is 19.4 Å². The van der Waals surface area contributed by atoms with Crippen molar-refractivity contribution in [2.45, 2.75) is 45.9 Å². The summed E-state index contributed by atoms with van der Waals surface area (Å²) in [4.78, 5) is 23.4. The molecule has 4 rings (SSSR count). The smallest absolute Gasteiger partial charge is 0.410 e. The summed E-state index contributed by atoms with van der Waals surface area (Å²) in [5, 5.41) is 1.03. The summed E-state index contributed by atoms with van der Waals surface area (Å²) in [6.07, 6.45) is 0.516. The summed E-state index contributed by atoms with van der Waals surface area (Å²) < 4.78 is 7.70. The lowest BCUT2D eigenvalue weighted by Crippen LogP contribution is -2.36. The zero-order chi connectivity index (χ0) is 18.5. The molecule has 1 aliphatic heterocycles. The predicted octanol–water partition coefficient (Wildman–Crippen LogP) is 3.31. The number of carbonyl (C=O) groups excluding carboxylic acids is 1. The van der Waals surface area contributed by atoms with E-state index in [-0.39, 0.29) is 6.09 Å². The van der Waals surface area contributed by atoms with E-state index in [1.165, 1.54) is 0 Å². The molecule has 0 atom stereocenters. The van der Waals surface area contributed by atoms with Gasteiger partial charge in [0.1, 0.15) is 16.9 Å². The number of pyridine rings is 1. The van der Waals surface area contributed by atoms with Gasteiger partial charge in [-0.2, -0.15) is 0 Å². The number of nitrogen functional groups attached to an aromatic ring is 1. The Labute approximate surface area is 151 Å². The van der Waals surface area contributed by atoms with Gasteiger partial charge >= 0.3 is 6.09 Å². The number of anilines is 1. The number of hydrogen-bond acceptors (Lipinski definition) is 5. The number of imidazole rings is 1. The molecule has 0 unspecified atom stereocenters. The number of aryl methyl sites for hydroxylation is 1. The first-order valence-electron chi connectivity index (χ1n) is 8.85. The van der Waals surface area contributed by atoms with Crippen LogP contribution >= 0.6 is 0 Å². The van der Waals surface area contributed by atoms with Gasteiger partial charge in [0.25, 0.3) is 0 Å². The summed E-state index contributed by atoms with van der Waals surface area (Å²) in [7, 11) is 0. The number of benzene rings is 1. The molecule has 0 saturated carbocycles. The highest BCUT2D eigenvalue weighted by Crippen LogP contribution is 2.30. The third-order valence-corrected chi connectivity index (χ3v) is 4.48. The average molecular weight is 353 g/mol. The number of aromatic nitrogens is 3. The van der Waals surface area contributed by atoms with Crippen molar-refractivity contribution < 1.29 is 9.53 Å².